The summed E-state index contributed by atoms with van der Waals surface area (Å²) in [6, 6.07) is 16.5. The zero-order valence-corrected chi connectivity index (χ0v) is 15.9. The van der Waals surface area contributed by atoms with Crippen LogP contribution in [0.4, 0.5) is 0 Å². The molecule has 7 heteroatoms. The van der Waals surface area contributed by atoms with Crippen molar-refractivity contribution in [1.82, 2.24) is 14.1 Å². The lowest BCUT2D eigenvalue weighted by Crippen LogP contribution is -2.37. The summed E-state index contributed by atoms with van der Waals surface area (Å²) >= 11 is 7.30. The molecule has 134 valence electrons. The zero-order valence-electron chi connectivity index (χ0n) is 14.3. The van der Waals surface area contributed by atoms with Gasteiger partial charge in [0.05, 0.1) is 16.9 Å². The summed E-state index contributed by atoms with van der Waals surface area (Å²) in [4.78, 5) is 29.8. The van der Waals surface area contributed by atoms with Crippen LogP contribution in [0.1, 0.15) is 0 Å². The fourth-order valence-electron chi connectivity index (χ4n) is 2.74. The number of hydrogen-bond donors (Lipinski definition) is 0. The van der Waals surface area contributed by atoms with Gasteiger partial charge in [-0.15, -0.1) is 11.3 Å². The molecule has 27 heavy (non-hydrogen) atoms. The van der Waals surface area contributed by atoms with Gasteiger partial charge in [0.1, 0.15) is 5.01 Å². The fourth-order valence-corrected chi connectivity index (χ4v) is 3.70. The number of halogens is 1. The first-order valence-electron chi connectivity index (χ1n) is 8.14. The maximum Gasteiger partial charge on any atom is 0.335 e. The summed E-state index contributed by atoms with van der Waals surface area (Å²) in [5.41, 5.74) is 1.97. The highest BCUT2D eigenvalue weighted by atomic mass is 35.5. The van der Waals surface area contributed by atoms with Crippen LogP contribution in [-0.4, -0.2) is 14.1 Å². The van der Waals surface area contributed by atoms with Crippen molar-refractivity contribution >= 4 is 22.9 Å². The van der Waals surface area contributed by atoms with E-state index in [0.29, 0.717) is 21.3 Å². The third kappa shape index (κ3) is 3.25. The Morgan fingerprint density at radius 3 is 2.41 bits per heavy atom. The third-order valence-corrected chi connectivity index (χ3v) is 5.32. The first-order chi connectivity index (χ1) is 13.0. The second-order valence-electron chi connectivity index (χ2n) is 5.94. The Balaban J connectivity index is 1.85. The van der Waals surface area contributed by atoms with Crippen LogP contribution >= 0.6 is 22.9 Å². The second kappa shape index (κ2) is 6.98. The lowest BCUT2D eigenvalue weighted by molar-refractivity contribution is 0.731. The van der Waals surface area contributed by atoms with E-state index in [1.54, 1.807) is 18.3 Å². The molecule has 4 aromatic rings. The highest BCUT2D eigenvalue weighted by Gasteiger charge is 2.15. The molecule has 0 aliphatic rings. The average Bonchev–Trinajstić information content (AvgIpc) is 3.17. The number of hydrogen-bond acceptors (Lipinski definition) is 4. The summed E-state index contributed by atoms with van der Waals surface area (Å²) < 4.78 is 2.56. The Kier molecular flexibility index (Phi) is 4.51. The topological polar surface area (TPSA) is 56.9 Å². The summed E-state index contributed by atoms with van der Waals surface area (Å²) in [7, 11) is 1.47. The molecule has 0 radical (unpaired) electrons. The van der Waals surface area contributed by atoms with E-state index in [2.05, 4.69) is 4.98 Å². The Labute approximate surface area is 163 Å². The molecule has 5 nitrogen and oxygen atoms in total. The van der Waals surface area contributed by atoms with Crippen LogP contribution in [0.5, 0.6) is 0 Å². The van der Waals surface area contributed by atoms with Gasteiger partial charge in [-0.3, -0.25) is 13.9 Å². The first kappa shape index (κ1) is 17.5. The second-order valence-corrected chi connectivity index (χ2v) is 7.23. The van der Waals surface area contributed by atoms with Crippen LogP contribution in [0.15, 0.2) is 75.8 Å². The minimum atomic E-state index is -0.399. The van der Waals surface area contributed by atoms with Crippen molar-refractivity contribution in [3.8, 4) is 27.5 Å². The van der Waals surface area contributed by atoms with Gasteiger partial charge in [-0.1, -0.05) is 41.9 Å². The van der Waals surface area contributed by atoms with E-state index in [1.807, 2.05) is 47.8 Å². The zero-order chi connectivity index (χ0) is 19.0. The van der Waals surface area contributed by atoms with Gasteiger partial charge in [0.25, 0.3) is 5.56 Å². The van der Waals surface area contributed by atoms with E-state index in [4.69, 9.17) is 11.6 Å². The molecule has 0 aliphatic carbocycles. The van der Waals surface area contributed by atoms with Crippen LogP contribution < -0.4 is 11.2 Å². The van der Waals surface area contributed by atoms with Crippen LogP contribution in [0, 0.1) is 0 Å². The SMILES string of the molecule is Cn1c(=O)c(-c2nc(-c3ccc(Cl)cc3)cs2)cn(-c2ccccc2)c1=O. The molecule has 4 rings (SSSR count). The van der Waals surface area contributed by atoms with Gasteiger partial charge in [-0.2, -0.15) is 0 Å². The predicted molar refractivity (Wildman–Crippen MR) is 109 cm³/mol. The summed E-state index contributed by atoms with van der Waals surface area (Å²) in [5, 5.41) is 3.10. The van der Waals surface area contributed by atoms with Crippen molar-refractivity contribution in [2.24, 2.45) is 7.05 Å². The molecule has 0 N–H and O–H groups in total. The molecule has 0 saturated heterocycles. The lowest BCUT2D eigenvalue weighted by Gasteiger charge is -2.09. The molecule has 2 heterocycles. The van der Waals surface area contributed by atoms with Crippen molar-refractivity contribution in [3.63, 3.8) is 0 Å². The smallest absolute Gasteiger partial charge is 0.268 e. The molecule has 0 amide bonds. The Bertz CT molecular complexity index is 1220. The number of rotatable bonds is 3. The van der Waals surface area contributed by atoms with E-state index in [0.717, 1.165) is 15.8 Å². The summed E-state index contributed by atoms with van der Waals surface area (Å²) in [5.74, 6) is 0. The van der Waals surface area contributed by atoms with Crippen molar-refractivity contribution < 1.29 is 0 Å². The van der Waals surface area contributed by atoms with Gasteiger partial charge in [0.15, 0.2) is 0 Å². The third-order valence-electron chi connectivity index (χ3n) is 4.20. The molecule has 0 unspecified atom stereocenters. The van der Waals surface area contributed by atoms with Crippen LogP contribution in [0.2, 0.25) is 5.02 Å². The van der Waals surface area contributed by atoms with Gasteiger partial charge in [-0.05, 0) is 24.3 Å². The fraction of sp³-hybridized carbons (Fsp3) is 0.0500. The Morgan fingerprint density at radius 2 is 1.70 bits per heavy atom. The molecule has 2 aromatic heterocycles. The van der Waals surface area contributed by atoms with E-state index in [9.17, 15) is 9.59 Å². The largest absolute Gasteiger partial charge is 0.335 e. The maximum atomic E-state index is 12.7. The molecule has 2 aromatic carbocycles. The number of benzene rings is 2. The normalized spacial score (nSPS) is 10.9. The van der Waals surface area contributed by atoms with Crippen LogP contribution in [0.3, 0.4) is 0 Å². The summed E-state index contributed by atoms with van der Waals surface area (Å²) in [6.45, 7) is 0. The maximum absolute atomic E-state index is 12.7. The van der Waals surface area contributed by atoms with Crippen molar-refractivity contribution in [3.05, 3.63) is 92.0 Å². The molecule has 0 saturated carbocycles. The Hall–Kier alpha value is -2.96. The van der Waals surface area contributed by atoms with E-state index in [1.165, 1.54) is 23.0 Å². The number of nitrogens with zero attached hydrogens (tertiary/aromatic N) is 3. The van der Waals surface area contributed by atoms with Gasteiger partial charge in [0, 0.05) is 29.2 Å². The molecule has 0 fully saturated rings. The number of aromatic nitrogens is 3. The molecule has 0 spiro atoms. The Morgan fingerprint density at radius 1 is 1.00 bits per heavy atom. The quantitative estimate of drug-likeness (QED) is 0.527. The standard InChI is InChI=1S/C20H14ClN3O2S/c1-23-19(25)16(11-24(20(23)26)15-5-3-2-4-6-15)18-22-17(12-27-18)13-7-9-14(21)10-8-13/h2-12H,1H3. The molecule has 0 atom stereocenters. The van der Waals surface area contributed by atoms with Gasteiger partial charge in [0.2, 0.25) is 0 Å². The van der Waals surface area contributed by atoms with E-state index in [-0.39, 0.29) is 5.56 Å². The first-order valence-corrected chi connectivity index (χ1v) is 9.40. The number of para-hydroxylation sites is 1. The van der Waals surface area contributed by atoms with Crippen molar-refractivity contribution in [1.29, 1.82) is 0 Å². The van der Waals surface area contributed by atoms with Gasteiger partial charge >= 0.3 is 5.69 Å². The average molecular weight is 396 g/mol. The van der Waals surface area contributed by atoms with Gasteiger partial charge < -0.3 is 0 Å². The monoisotopic (exact) mass is 395 g/mol. The molecular formula is C20H14ClN3O2S. The minimum absolute atomic E-state index is 0.371. The molecule has 0 bridgehead atoms. The lowest BCUT2D eigenvalue weighted by atomic mass is 10.2. The number of thiazole rings is 1. The van der Waals surface area contributed by atoms with Gasteiger partial charge in [-0.25, -0.2) is 9.78 Å². The predicted octanol–water partition coefficient (Wildman–Crippen LogP) is 3.98. The molecular weight excluding hydrogens is 382 g/mol. The minimum Gasteiger partial charge on any atom is -0.268 e. The highest BCUT2D eigenvalue weighted by Crippen LogP contribution is 2.28. The summed E-state index contributed by atoms with van der Waals surface area (Å²) in [6.07, 6.45) is 1.56. The highest BCUT2D eigenvalue weighted by molar-refractivity contribution is 7.13. The van der Waals surface area contributed by atoms with E-state index < -0.39 is 5.69 Å². The van der Waals surface area contributed by atoms with Crippen LogP contribution in [-0.2, 0) is 7.05 Å². The molecule has 0 aliphatic heterocycles. The van der Waals surface area contributed by atoms with Crippen LogP contribution in [0.25, 0.3) is 27.5 Å². The van der Waals surface area contributed by atoms with Crippen molar-refractivity contribution in [2.45, 2.75) is 0 Å². The van der Waals surface area contributed by atoms with E-state index >= 15 is 0 Å². The van der Waals surface area contributed by atoms with Crippen molar-refractivity contribution in [2.75, 3.05) is 0 Å².